The van der Waals surface area contributed by atoms with E-state index < -0.39 is 5.97 Å². The van der Waals surface area contributed by atoms with Crippen LogP contribution < -0.4 is 11.2 Å². The van der Waals surface area contributed by atoms with Gasteiger partial charge in [0, 0.05) is 10.0 Å². The molecular formula is C9H8BrN3O2S. The Labute approximate surface area is 105 Å². The van der Waals surface area contributed by atoms with Crippen molar-refractivity contribution in [2.75, 3.05) is 0 Å². The summed E-state index contributed by atoms with van der Waals surface area (Å²) in [6.07, 6.45) is 0. The third kappa shape index (κ3) is 3.28. The molecule has 0 amide bonds. The normalized spacial score (nSPS) is 10.9. The molecule has 0 aliphatic rings. The number of hydrogen-bond donors (Lipinski definition) is 3. The lowest BCUT2D eigenvalue weighted by molar-refractivity contribution is -0.129. The number of carboxylic acids is 1. The van der Waals surface area contributed by atoms with E-state index in [0.29, 0.717) is 10.0 Å². The molecule has 0 spiro atoms. The molecule has 4 N–H and O–H groups in total. The van der Waals surface area contributed by atoms with Crippen LogP contribution in [0.4, 0.5) is 0 Å². The Bertz CT molecular complexity index is 462. The Morgan fingerprint density at radius 3 is 2.62 bits per heavy atom. The molecule has 5 nitrogen and oxygen atoms in total. The number of thiocarbonyl (C=S) groups is 1. The van der Waals surface area contributed by atoms with Crippen LogP contribution in [0.5, 0.6) is 0 Å². The number of hydrogen-bond acceptors (Lipinski definition) is 3. The largest absolute Gasteiger partial charge is 0.476 e. The average molecular weight is 302 g/mol. The van der Waals surface area contributed by atoms with E-state index in [1.165, 1.54) is 0 Å². The Balaban J connectivity index is 3.13. The lowest BCUT2D eigenvalue weighted by Crippen LogP contribution is -2.28. The minimum atomic E-state index is -1.17. The second kappa shape index (κ2) is 5.57. The Kier molecular flexibility index (Phi) is 4.39. The van der Waals surface area contributed by atoms with Crippen LogP contribution in [-0.2, 0) is 4.79 Å². The summed E-state index contributed by atoms with van der Waals surface area (Å²) >= 11 is 7.77. The van der Waals surface area contributed by atoms with Crippen molar-refractivity contribution in [3.63, 3.8) is 0 Å². The molecule has 0 aliphatic heterocycles. The van der Waals surface area contributed by atoms with Crippen LogP contribution in [0.15, 0.2) is 33.8 Å². The first-order valence-electron chi connectivity index (χ1n) is 4.13. The first kappa shape index (κ1) is 12.6. The van der Waals surface area contributed by atoms with Gasteiger partial charge in [-0.05, 0) is 18.3 Å². The summed E-state index contributed by atoms with van der Waals surface area (Å²) in [6.45, 7) is 0. The first-order valence-corrected chi connectivity index (χ1v) is 5.34. The van der Waals surface area contributed by atoms with E-state index in [-0.39, 0.29) is 10.8 Å². The summed E-state index contributed by atoms with van der Waals surface area (Å²) in [5, 5.41) is 12.5. The molecule has 7 heteroatoms. The SMILES string of the molecule is NC(=S)NN=C(C(=O)O)c1ccccc1Br. The molecule has 0 radical (unpaired) electrons. The van der Waals surface area contributed by atoms with E-state index in [2.05, 4.69) is 38.7 Å². The van der Waals surface area contributed by atoms with Gasteiger partial charge >= 0.3 is 5.97 Å². The smallest absolute Gasteiger partial charge is 0.357 e. The van der Waals surface area contributed by atoms with Crippen molar-refractivity contribution < 1.29 is 9.90 Å². The van der Waals surface area contributed by atoms with Crippen molar-refractivity contribution >= 4 is 44.9 Å². The maximum Gasteiger partial charge on any atom is 0.357 e. The van der Waals surface area contributed by atoms with Gasteiger partial charge in [-0.3, -0.25) is 5.43 Å². The molecule has 1 aromatic carbocycles. The monoisotopic (exact) mass is 301 g/mol. The van der Waals surface area contributed by atoms with Crippen LogP contribution in [0, 0.1) is 0 Å². The summed E-state index contributed by atoms with van der Waals surface area (Å²) in [5.41, 5.74) is 7.69. The highest BCUT2D eigenvalue weighted by Gasteiger charge is 2.15. The lowest BCUT2D eigenvalue weighted by atomic mass is 10.1. The maximum absolute atomic E-state index is 11.0. The van der Waals surface area contributed by atoms with Crippen LogP contribution in [0.1, 0.15) is 5.56 Å². The Morgan fingerprint density at radius 1 is 1.50 bits per heavy atom. The van der Waals surface area contributed by atoms with Crippen molar-refractivity contribution in [1.29, 1.82) is 0 Å². The zero-order chi connectivity index (χ0) is 12.1. The molecule has 0 saturated carbocycles. The van der Waals surface area contributed by atoms with Crippen LogP contribution >= 0.6 is 28.1 Å². The number of halogens is 1. The van der Waals surface area contributed by atoms with Gasteiger partial charge in [0.05, 0.1) is 0 Å². The molecule has 0 aliphatic carbocycles. The van der Waals surface area contributed by atoms with Crippen LogP contribution in [0.25, 0.3) is 0 Å². The number of nitrogens with zero attached hydrogens (tertiary/aromatic N) is 1. The van der Waals surface area contributed by atoms with Gasteiger partial charge in [-0.15, -0.1) is 0 Å². The van der Waals surface area contributed by atoms with E-state index >= 15 is 0 Å². The summed E-state index contributed by atoms with van der Waals surface area (Å²) in [4.78, 5) is 11.0. The van der Waals surface area contributed by atoms with Gasteiger partial charge in [-0.1, -0.05) is 34.1 Å². The molecule has 0 aromatic heterocycles. The summed E-state index contributed by atoms with van der Waals surface area (Å²) in [6, 6.07) is 6.82. The average Bonchev–Trinajstić information content (AvgIpc) is 2.20. The zero-order valence-corrected chi connectivity index (χ0v) is 10.4. The van der Waals surface area contributed by atoms with E-state index in [4.69, 9.17) is 10.8 Å². The molecule has 0 unspecified atom stereocenters. The zero-order valence-electron chi connectivity index (χ0n) is 7.98. The van der Waals surface area contributed by atoms with Gasteiger partial charge < -0.3 is 10.8 Å². The third-order valence-electron chi connectivity index (χ3n) is 1.61. The van der Waals surface area contributed by atoms with E-state index in [9.17, 15) is 4.79 Å². The van der Waals surface area contributed by atoms with E-state index in [1.54, 1.807) is 24.3 Å². The van der Waals surface area contributed by atoms with Crippen molar-refractivity contribution in [3.05, 3.63) is 34.3 Å². The molecule has 84 valence electrons. The molecule has 1 rings (SSSR count). The van der Waals surface area contributed by atoms with Gasteiger partial charge in [0.2, 0.25) is 0 Å². The van der Waals surface area contributed by atoms with Crippen molar-refractivity contribution in [3.8, 4) is 0 Å². The van der Waals surface area contributed by atoms with Gasteiger partial charge in [0.1, 0.15) is 0 Å². The van der Waals surface area contributed by atoms with Gasteiger partial charge in [0.25, 0.3) is 0 Å². The highest BCUT2D eigenvalue weighted by molar-refractivity contribution is 9.10. The minimum absolute atomic E-state index is 0.0918. The fourth-order valence-corrected chi connectivity index (χ4v) is 1.51. The number of aliphatic carboxylic acids is 1. The highest BCUT2D eigenvalue weighted by Crippen LogP contribution is 2.16. The number of carboxylic acid groups (broad SMARTS) is 1. The predicted molar refractivity (Wildman–Crippen MR) is 68.2 cm³/mol. The Hall–Kier alpha value is -1.47. The number of carbonyl (C=O) groups is 1. The first-order chi connectivity index (χ1) is 7.52. The number of rotatable bonds is 3. The molecule has 1 aromatic rings. The Morgan fingerprint density at radius 2 is 2.12 bits per heavy atom. The lowest BCUT2D eigenvalue weighted by Gasteiger charge is -2.04. The second-order valence-corrected chi connectivity index (χ2v) is 4.02. The molecule has 0 saturated heterocycles. The number of nitrogens with one attached hydrogen (secondary N) is 1. The van der Waals surface area contributed by atoms with Crippen LogP contribution in [0.3, 0.4) is 0 Å². The fourth-order valence-electron chi connectivity index (χ4n) is 0.988. The maximum atomic E-state index is 11.0. The minimum Gasteiger partial charge on any atom is -0.476 e. The van der Waals surface area contributed by atoms with Crippen LogP contribution in [0.2, 0.25) is 0 Å². The highest BCUT2D eigenvalue weighted by atomic mass is 79.9. The molecule has 0 heterocycles. The molecular weight excluding hydrogens is 294 g/mol. The molecule has 0 atom stereocenters. The topological polar surface area (TPSA) is 87.7 Å². The van der Waals surface area contributed by atoms with Crippen molar-refractivity contribution in [2.45, 2.75) is 0 Å². The third-order valence-corrected chi connectivity index (χ3v) is 2.39. The van der Waals surface area contributed by atoms with Crippen LogP contribution in [-0.4, -0.2) is 21.9 Å². The predicted octanol–water partition coefficient (Wildman–Crippen LogP) is 1.07. The summed E-state index contributed by atoms with van der Waals surface area (Å²) < 4.78 is 0.626. The standard InChI is InChI=1S/C9H8BrN3O2S/c10-6-4-2-1-3-5(6)7(8(14)15)12-13-9(11)16/h1-4H,(H,14,15)(H3,11,13,16). The quantitative estimate of drug-likeness (QED) is 0.442. The van der Waals surface area contributed by atoms with Gasteiger partial charge in [0.15, 0.2) is 10.8 Å². The number of hydrazone groups is 1. The number of nitrogens with two attached hydrogens (primary N) is 1. The fraction of sp³-hybridized carbons (Fsp3) is 0. The molecule has 0 fully saturated rings. The second-order valence-electron chi connectivity index (χ2n) is 2.72. The van der Waals surface area contributed by atoms with E-state index in [0.717, 1.165) is 0 Å². The van der Waals surface area contributed by atoms with E-state index in [1.807, 2.05) is 0 Å². The summed E-state index contributed by atoms with van der Waals surface area (Å²) in [7, 11) is 0. The van der Waals surface area contributed by atoms with Gasteiger partial charge in [-0.25, -0.2) is 4.79 Å². The van der Waals surface area contributed by atoms with Gasteiger partial charge in [-0.2, -0.15) is 5.10 Å². The molecule has 0 bridgehead atoms. The molecule has 16 heavy (non-hydrogen) atoms. The van der Waals surface area contributed by atoms with Crippen molar-refractivity contribution in [1.82, 2.24) is 5.43 Å². The summed E-state index contributed by atoms with van der Waals surface area (Å²) in [5.74, 6) is -1.17. The number of benzene rings is 1. The van der Waals surface area contributed by atoms with Crippen molar-refractivity contribution in [2.24, 2.45) is 10.8 Å².